The molecule has 19 heavy (non-hydrogen) atoms. The normalized spacial score (nSPS) is 14.1. The van der Waals surface area contributed by atoms with E-state index in [1.165, 1.54) is 0 Å². The van der Waals surface area contributed by atoms with Gasteiger partial charge in [0, 0.05) is 12.0 Å². The topological polar surface area (TPSA) is 66.5 Å². The van der Waals surface area contributed by atoms with Crippen LogP contribution >= 0.6 is 0 Å². The molecule has 100 valence electrons. The van der Waals surface area contributed by atoms with Gasteiger partial charge in [0.05, 0.1) is 12.1 Å². The van der Waals surface area contributed by atoms with E-state index >= 15 is 0 Å². The minimum absolute atomic E-state index is 0.139. The zero-order valence-corrected chi connectivity index (χ0v) is 11.0. The summed E-state index contributed by atoms with van der Waals surface area (Å²) in [5.74, 6) is 0.139. The first-order valence-electron chi connectivity index (χ1n) is 6.35. The molecule has 0 aliphatic rings. The molecule has 0 spiro atoms. The van der Waals surface area contributed by atoms with Crippen molar-refractivity contribution in [2.75, 3.05) is 0 Å². The fourth-order valence-electron chi connectivity index (χ4n) is 2.13. The maximum absolute atomic E-state index is 10.2. The maximum atomic E-state index is 10.2. The van der Waals surface area contributed by atoms with Crippen molar-refractivity contribution in [3.63, 3.8) is 0 Å². The van der Waals surface area contributed by atoms with E-state index in [4.69, 9.17) is 5.73 Å². The van der Waals surface area contributed by atoms with Crippen LogP contribution in [0.4, 0.5) is 0 Å². The molecule has 0 saturated carbocycles. The molecule has 0 aliphatic carbocycles. The van der Waals surface area contributed by atoms with Crippen molar-refractivity contribution in [3.8, 4) is 5.75 Å². The van der Waals surface area contributed by atoms with Crippen LogP contribution in [0.3, 0.4) is 0 Å². The van der Waals surface area contributed by atoms with Crippen LogP contribution in [0.15, 0.2) is 48.5 Å². The second-order valence-corrected chi connectivity index (χ2v) is 4.85. The van der Waals surface area contributed by atoms with E-state index in [2.05, 4.69) is 0 Å². The first-order valence-corrected chi connectivity index (χ1v) is 6.35. The van der Waals surface area contributed by atoms with Gasteiger partial charge in [-0.3, -0.25) is 0 Å². The largest absolute Gasteiger partial charge is 0.508 e. The molecule has 3 heteroatoms. The van der Waals surface area contributed by atoms with Crippen LogP contribution in [0.1, 0.15) is 22.7 Å². The molecule has 0 bridgehead atoms. The number of phenols is 1. The molecule has 0 radical (unpaired) electrons. The Morgan fingerprint density at radius 2 is 1.79 bits per heavy atom. The van der Waals surface area contributed by atoms with E-state index < -0.39 is 12.1 Å². The molecular formula is C16H19NO2. The minimum atomic E-state index is -0.726. The number of aliphatic hydroxyl groups is 1. The van der Waals surface area contributed by atoms with Crippen molar-refractivity contribution < 1.29 is 10.2 Å². The lowest BCUT2D eigenvalue weighted by molar-refractivity contribution is 0.143. The number of phenolic OH excluding ortho intramolecular Hbond substituents is 1. The zero-order valence-electron chi connectivity index (χ0n) is 11.0. The van der Waals surface area contributed by atoms with Crippen LogP contribution in [-0.2, 0) is 6.42 Å². The summed E-state index contributed by atoms with van der Waals surface area (Å²) in [6, 6.07) is 14.4. The Kier molecular flexibility index (Phi) is 4.20. The van der Waals surface area contributed by atoms with Gasteiger partial charge in [-0.15, -0.1) is 0 Å². The highest BCUT2D eigenvalue weighted by Gasteiger charge is 2.20. The number of aromatic hydroxyl groups is 1. The quantitative estimate of drug-likeness (QED) is 0.787. The van der Waals surface area contributed by atoms with E-state index in [1.807, 2.05) is 43.3 Å². The van der Waals surface area contributed by atoms with Crippen LogP contribution < -0.4 is 5.73 Å². The van der Waals surface area contributed by atoms with Gasteiger partial charge in [0.1, 0.15) is 5.75 Å². The van der Waals surface area contributed by atoms with Crippen molar-refractivity contribution in [2.24, 2.45) is 5.73 Å². The van der Waals surface area contributed by atoms with Crippen LogP contribution in [-0.4, -0.2) is 16.3 Å². The Morgan fingerprint density at radius 3 is 2.42 bits per heavy atom. The van der Waals surface area contributed by atoms with Gasteiger partial charge in [0.25, 0.3) is 0 Å². The lowest BCUT2D eigenvalue weighted by Gasteiger charge is -2.20. The monoisotopic (exact) mass is 257 g/mol. The molecule has 0 saturated heterocycles. The third-order valence-corrected chi connectivity index (χ3v) is 3.25. The molecule has 2 rings (SSSR count). The van der Waals surface area contributed by atoms with Crippen molar-refractivity contribution in [1.82, 2.24) is 0 Å². The van der Waals surface area contributed by atoms with Crippen LogP contribution in [0.5, 0.6) is 5.75 Å². The molecular weight excluding hydrogens is 238 g/mol. The molecule has 3 nitrogen and oxygen atoms in total. The average molecular weight is 257 g/mol. The number of hydrogen-bond acceptors (Lipinski definition) is 3. The Balaban J connectivity index is 2.12. The maximum Gasteiger partial charge on any atom is 0.120 e. The smallest absolute Gasteiger partial charge is 0.120 e. The molecule has 0 amide bonds. The van der Waals surface area contributed by atoms with Crippen molar-refractivity contribution in [2.45, 2.75) is 25.5 Å². The molecule has 0 aliphatic heterocycles. The van der Waals surface area contributed by atoms with Gasteiger partial charge in [-0.1, -0.05) is 42.5 Å². The number of nitrogens with two attached hydrogens (primary N) is 1. The molecule has 2 aromatic carbocycles. The molecule has 0 unspecified atom stereocenters. The minimum Gasteiger partial charge on any atom is -0.508 e. The SMILES string of the molecule is Cc1ccc([C@@H](N)[C@@H](O)Cc2ccccc2)c(O)c1. The Hall–Kier alpha value is -1.84. The summed E-state index contributed by atoms with van der Waals surface area (Å²) in [7, 11) is 0. The number of rotatable bonds is 4. The van der Waals surface area contributed by atoms with Crippen LogP contribution in [0.25, 0.3) is 0 Å². The predicted octanol–water partition coefficient (Wildman–Crippen LogP) is 2.30. The summed E-state index contributed by atoms with van der Waals surface area (Å²) >= 11 is 0. The van der Waals surface area contributed by atoms with Crippen LogP contribution in [0, 0.1) is 6.92 Å². The summed E-state index contributed by atoms with van der Waals surface area (Å²) in [5.41, 5.74) is 8.59. The zero-order chi connectivity index (χ0) is 13.8. The van der Waals surface area contributed by atoms with Crippen molar-refractivity contribution in [1.29, 1.82) is 0 Å². The molecule has 0 fully saturated rings. The third kappa shape index (κ3) is 3.34. The summed E-state index contributed by atoms with van der Waals surface area (Å²) in [5, 5.41) is 20.1. The number of benzene rings is 2. The fourth-order valence-corrected chi connectivity index (χ4v) is 2.13. The second-order valence-electron chi connectivity index (χ2n) is 4.85. The lowest BCUT2D eigenvalue weighted by atomic mass is 9.95. The van der Waals surface area contributed by atoms with Crippen LogP contribution in [0.2, 0.25) is 0 Å². The highest BCUT2D eigenvalue weighted by atomic mass is 16.3. The van der Waals surface area contributed by atoms with E-state index in [0.29, 0.717) is 12.0 Å². The van der Waals surface area contributed by atoms with E-state index in [0.717, 1.165) is 11.1 Å². The third-order valence-electron chi connectivity index (χ3n) is 3.25. The summed E-state index contributed by atoms with van der Waals surface area (Å²) in [6.07, 6.45) is -0.258. The first-order chi connectivity index (χ1) is 9.08. The van der Waals surface area contributed by atoms with Gasteiger partial charge >= 0.3 is 0 Å². The molecule has 4 N–H and O–H groups in total. The standard InChI is InChI=1S/C16H19NO2/c1-11-7-8-13(14(18)9-11)16(17)15(19)10-12-5-3-2-4-6-12/h2-9,15-16,18-19H,10,17H2,1H3/t15-,16+/m0/s1. The van der Waals surface area contributed by atoms with Gasteiger partial charge in [0.15, 0.2) is 0 Å². The first kappa shape index (κ1) is 13.6. The fraction of sp³-hybridized carbons (Fsp3) is 0.250. The van der Waals surface area contributed by atoms with E-state index in [9.17, 15) is 10.2 Å². The van der Waals surface area contributed by atoms with E-state index in [-0.39, 0.29) is 5.75 Å². The predicted molar refractivity (Wildman–Crippen MR) is 75.9 cm³/mol. The van der Waals surface area contributed by atoms with Gasteiger partial charge in [-0.2, -0.15) is 0 Å². The van der Waals surface area contributed by atoms with Gasteiger partial charge in [0.2, 0.25) is 0 Å². The summed E-state index contributed by atoms with van der Waals surface area (Å²) in [4.78, 5) is 0. The summed E-state index contributed by atoms with van der Waals surface area (Å²) in [6.45, 7) is 1.90. The highest BCUT2D eigenvalue weighted by Crippen LogP contribution is 2.26. The van der Waals surface area contributed by atoms with Gasteiger partial charge < -0.3 is 15.9 Å². The van der Waals surface area contributed by atoms with Gasteiger partial charge in [-0.05, 0) is 24.1 Å². The summed E-state index contributed by atoms with van der Waals surface area (Å²) < 4.78 is 0. The van der Waals surface area contributed by atoms with Gasteiger partial charge in [-0.25, -0.2) is 0 Å². The van der Waals surface area contributed by atoms with Crippen molar-refractivity contribution in [3.05, 3.63) is 65.2 Å². The Bertz CT molecular complexity index is 540. The molecule has 0 heterocycles. The molecule has 2 atom stereocenters. The average Bonchev–Trinajstić information content (AvgIpc) is 2.39. The molecule has 0 aromatic heterocycles. The Morgan fingerprint density at radius 1 is 1.11 bits per heavy atom. The number of aliphatic hydroxyl groups excluding tert-OH is 1. The second kappa shape index (κ2) is 5.87. The highest BCUT2D eigenvalue weighted by molar-refractivity contribution is 5.38. The van der Waals surface area contributed by atoms with E-state index in [1.54, 1.807) is 12.1 Å². The Labute approximate surface area is 113 Å². The van der Waals surface area contributed by atoms with Crippen molar-refractivity contribution >= 4 is 0 Å². The lowest BCUT2D eigenvalue weighted by Crippen LogP contribution is -2.28. The number of hydrogen-bond donors (Lipinski definition) is 3. The molecule has 2 aromatic rings. The number of aryl methyl sites for hydroxylation is 1.